The molecule has 15 heavy (non-hydrogen) atoms. The van der Waals surface area contributed by atoms with E-state index >= 15 is 0 Å². The third-order valence-corrected chi connectivity index (χ3v) is 4.33. The molecule has 1 heterocycles. The normalized spacial score (nSPS) is 33.5. The molecule has 3 atom stereocenters. The van der Waals surface area contributed by atoms with Crippen molar-refractivity contribution in [2.75, 3.05) is 0 Å². The Morgan fingerprint density at radius 2 is 2.13 bits per heavy atom. The first-order chi connectivity index (χ1) is 7.36. The summed E-state index contributed by atoms with van der Waals surface area (Å²) in [5.74, 6) is 2.72. The molecule has 3 aliphatic rings. The van der Waals surface area contributed by atoms with Crippen LogP contribution in [-0.4, -0.2) is 11.4 Å². The quantitative estimate of drug-likeness (QED) is 0.566. The average Bonchev–Trinajstić information content (AvgIpc) is 2.30. The molecule has 1 aliphatic heterocycles. The van der Waals surface area contributed by atoms with E-state index in [0.717, 1.165) is 5.57 Å². The number of hydrogen-bond acceptors (Lipinski definition) is 1. The van der Waals surface area contributed by atoms with Gasteiger partial charge in [0.1, 0.15) is 0 Å². The van der Waals surface area contributed by atoms with Crippen LogP contribution in [0.5, 0.6) is 0 Å². The molecule has 0 aromatic heterocycles. The Hall–Kier alpha value is -1.20. The second kappa shape index (κ2) is 3.43. The Morgan fingerprint density at radius 3 is 3.07 bits per heavy atom. The van der Waals surface area contributed by atoms with Crippen molar-refractivity contribution >= 4 is 14.4 Å². The van der Waals surface area contributed by atoms with Crippen LogP contribution < -0.4 is 0 Å². The van der Waals surface area contributed by atoms with E-state index in [1.54, 1.807) is 0 Å². The minimum atomic E-state index is 0.125. The smallest absolute Gasteiger partial charge is 0.167 e. The van der Waals surface area contributed by atoms with Gasteiger partial charge in [0, 0.05) is 5.92 Å². The van der Waals surface area contributed by atoms with Crippen LogP contribution in [0.15, 0.2) is 59.5 Å². The standard InChI is InChI=1S/C13H11OP/c14-12-8-9-4-1-2-5-10(9)11-6-3-7-15-13(11)12/h1-8,10,13,15H. The molecule has 0 amide bonds. The van der Waals surface area contributed by atoms with E-state index in [4.69, 9.17) is 0 Å². The molecule has 0 spiro atoms. The Morgan fingerprint density at radius 1 is 1.20 bits per heavy atom. The van der Waals surface area contributed by atoms with E-state index in [1.807, 2.05) is 18.2 Å². The third-order valence-electron chi connectivity index (χ3n) is 3.00. The summed E-state index contributed by atoms with van der Waals surface area (Å²) in [5.41, 5.74) is 2.55. The molecule has 3 rings (SSSR count). The van der Waals surface area contributed by atoms with E-state index in [1.165, 1.54) is 5.57 Å². The van der Waals surface area contributed by atoms with Crippen LogP contribution in [0.25, 0.3) is 0 Å². The van der Waals surface area contributed by atoms with Gasteiger partial charge in [0.25, 0.3) is 0 Å². The first-order valence-electron chi connectivity index (χ1n) is 5.09. The van der Waals surface area contributed by atoms with Gasteiger partial charge in [0.15, 0.2) is 5.78 Å². The summed E-state index contributed by atoms with van der Waals surface area (Å²) < 4.78 is 0. The molecule has 0 fully saturated rings. The number of ketones is 1. The molecule has 0 aromatic rings. The Labute approximate surface area is 90.7 Å². The molecule has 2 heteroatoms. The lowest BCUT2D eigenvalue weighted by atomic mass is 9.79. The Kier molecular flexibility index (Phi) is 2.07. The second-order valence-electron chi connectivity index (χ2n) is 3.89. The highest BCUT2D eigenvalue weighted by molar-refractivity contribution is 7.44. The number of carbonyl (C=O) groups is 1. The van der Waals surface area contributed by atoms with Crippen molar-refractivity contribution in [1.29, 1.82) is 0 Å². The second-order valence-corrected chi connectivity index (χ2v) is 5.14. The average molecular weight is 214 g/mol. The van der Waals surface area contributed by atoms with Crippen LogP contribution in [-0.2, 0) is 4.79 Å². The molecular weight excluding hydrogens is 203 g/mol. The maximum absolute atomic E-state index is 11.9. The van der Waals surface area contributed by atoms with Crippen molar-refractivity contribution in [3.8, 4) is 0 Å². The zero-order valence-electron chi connectivity index (χ0n) is 8.18. The van der Waals surface area contributed by atoms with Crippen molar-refractivity contribution < 1.29 is 4.79 Å². The molecule has 0 N–H and O–H groups in total. The lowest BCUT2D eigenvalue weighted by molar-refractivity contribution is -0.114. The van der Waals surface area contributed by atoms with Gasteiger partial charge >= 0.3 is 0 Å². The molecule has 74 valence electrons. The molecule has 0 saturated carbocycles. The van der Waals surface area contributed by atoms with Crippen molar-refractivity contribution in [2.24, 2.45) is 5.92 Å². The molecular formula is C13H11OP. The van der Waals surface area contributed by atoms with Crippen molar-refractivity contribution in [1.82, 2.24) is 0 Å². The predicted molar refractivity (Wildman–Crippen MR) is 64.2 cm³/mol. The summed E-state index contributed by atoms with van der Waals surface area (Å²) in [6.07, 6.45) is 14.3. The molecule has 3 unspecified atom stereocenters. The van der Waals surface area contributed by atoms with Gasteiger partial charge in [-0.1, -0.05) is 50.9 Å². The van der Waals surface area contributed by atoms with Crippen LogP contribution in [0.2, 0.25) is 0 Å². The first kappa shape index (κ1) is 9.06. The van der Waals surface area contributed by atoms with Gasteiger partial charge in [-0.3, -0.25) is 4.79 Å². The fraction of sp³-hybridized carbons (Fsp3) is 0.154. The van der Waals surface area contributed by atoms with E-state index in [9.17, 15) is 4.79 Å². The van der Waals surface area contributed by atoms with Gasteiger partial charge in [-0.2, -0.15) is 0 Å². The lowest BCUT2D eigenvalue weighted by Crippen LogP contribution is -2.28. The Balaban J connectivity index is 2.12. The summed E-state index contributed by atoms with van der Waals surface area (Å²) in [6.45, 7) is 0. The lowest BCUT2D eigenvalue weighted by Gasteiger charge is -2.31. The van der Waals surface area contributed by atoms with Gasteiger partial charge in [0.2, 0.25) is 0 Å². The summed E-state index contributed by atoms with van der Waals surface area (Å²) in [6, 6.07) is 0. The molecule has 0 saturated heterocycles. The van der Waals surface area contributed by atoms with Crippen molar-refractivity contribution in [3.63, 3.8) is 0 Å². The zero-order chi connectivity index (χ0) is 10.3. The van der Waals surface area contributed by atoms with E-state index in [0.29, 0.717) is 14.5 Å². The highest BCUT2D eigenvalue weighted by atomic mass is 31.1. The molecule has 0 radical (unpaired) electrons. The van der Waals surface area contributed by atoms with Gasteiger partial charge in [0.05, 0.1) is 5.66 Å². The fourth-order valence-corrected chi connectivity index (χ4v) is 3.39. The van der Waals surface area contributed by atoms with Gasteiger partial charge in [-0.15, -0.1) is 0 Å². The summed E-state index contributed by atoms with van der Waals surface area (Å²) >= 11 is 0. The highest BCUT2D eigenvalue weighted by Gasteiger charge is 2.32. The molecule has 2 aliphatic carbocycles. The monoisotopic (exact) mass is 214 g/mol. The fourth-order valence-electron chi connectivity index (χ4n) is 2.28. The number of hydrogen-bond donors (Lipinski definition) is 0. The van der Waals surface area contributed by atoms with E-state index in [2.05, 4.69) is 30.1 Å². The third kappa shape index (κ3) is 1.39. The van der Waals surface area contributed by atoms with E-state index < -0.39 is 0 Å². The number of fused-ring (bicyclic) bond motifs is 3. The maximum Gasteiger partial charge on any atom is 0.167 e. The minimum absolute atomic E-state index is 0.125. The number of carbonyl (C=O) groups excluding carboxylic acids is 1. The number of allylic oxidation sites excluding steroid dienone is 9. The van der Waals surface area contributed by atoms with Crippen LogP contribution in [0.4, 0.5) is 0 Å². The van der Waals surface area contributed by atoms with Gasteiger partial charge < -0.3 is 0 Å². The molecule has 0 bridgehead atoms. The topological polar surface area (TPSA) is 17.1 Å². The summed E-state index contributed by atoms with van der Waals surface area (Å²) in [4.78, 5) is 11.9. The van der Waals surface area contributed by atoms with Gasteiger partial charge in [-0.25, -0.2) is 0 Å². The van der Waals surface area contributed by atoms with Crippen LogP contribution in [0.1, 0.15) is 0 Å². The highest BCUT2D eigenvalue weighted by Crippen LogP contribution is 2.42. The van der Waals surface area contributed by atoms with E-state index in [-0.39, 0.29) is 11.4 Å². The summed E-state index contributed by atoms with van der Waals surface area (Å²) in [5, 5.41) is 0. The Bertz CT molecular complexity index is 463. The summed E-state index contributed by atoms with van der Waals surface area (Å²) in [7, 11) is 0.615. The van der Waals surface area contributed by atoms with Crippen LogP contribution >= 0.6 is 8.58 Å². The molecule has 0 aromatic carbocycles. The van der Waals surface area contributed by atoms with Crippen molar-refractivity contribution in [3.05, 3.63) is 59.5 Å². The number of rotatable bonds is 0. The first-order valence-corrected chi connectivity index (χ1v) is 6.25. The SMILES string of the molecule is O=C1C=C2C=CC=CC2C2=CC=CPC12. The largest absolute Gasteiger partial charge is 0.294 e. The van der Waals surface area contributed by atoms with Crippen LogP contribution in [0.3, 0.4) is 0 Å². The predicted octanol–water partition coefficient (Wildman–Crippen LogP) is 2.74. The molecule has 1 nitrogen and oxygen atoms in total. The zero-order valence-corrected chi connectivity index (χ0v) is 9.18. The van der Waals surface area contributed by atoms with Crippen LogP contribution in [0, 0.1) is 5.92 Å². The maximum atomic E-state index is 11.9. The van der Waals surface area contributed by atoms with Crippen molar-refractivity contribution in [2.45, 2.75) is 5.66 Å². The minimum Gasteiger partial charge on any atom is -0.294 e. The van der Waals surface area contributed by atoms with Gasteiger partial charge in [-0.05, 0) is 17.2 Å².